The van der Waals surface area contributed by atoms with Crippen LogP contribution in [0.1, 0.15) is 52.9 Å². The molecule has 1 saturated carbocycles. The Hall–Kier alpha value is 0.480. The van der Waals surface area contributed by atoms with E-state index in [9.17, 15) is 0 Å². The van der Waals surface area contributed by atoms with Gasteiger partial charge in [0.25, 0.3) is 0 Å². The highest BCUT2D eigenvalue weighted by Gasteiger charge is 2.40. The molecule has 0 saturated heterocycles. The van der Waals surface area contributed by atoms with Crippen molar-refractivity contribution in [1.29, 1.82) is 0 Å². The Kier molecular flexibility index (Phi) is 3.25. The molecular weight excluding hydrogens is 212 g/mol. The van der Waals surface area contributed by atoms with E-state index in [1.54, 1.807) is 0 Å². The summed E-state index contributed by atoms with van der Waals surface area (Å²) in [6, 6.07) is 0. The van der Waals surface area contributed by atoms with Crippen LogP contribution in [0.4, 0.5) is 0 Å². The van der Waals surface area contributed by atoms with Gasteiger partial charge in [0.15, 0.2) is 0 Å². The quantitative estimate of drug-likeness (QED) is 0.632. The molecule has 0 aromatic heterocycles. The molecule has 1 aliphatic carbocycles. The van der Waals surface area contributed by atoms with Crippen molar-refractivity contribution >= 4 is 15.9 Å². The molecule has 0 heterocycles. The van der Waals surface area contributed by atoms with Gasteiger partial charge >= 0.3 is 0 Å². The Bertz CT molecular complexity index is 140. The fourth-order valence-electron chi connectivity index (χ4n) is 1.62. The first kappa shape index (κ1) is 10.6. The Balaban J connectivity index is 2.10. The van der Waals surface area contributed by atoms with Gasteiger partial charge in [-0.1, -0.05) is 43.1 Å². The highest BCUT2D eigenvalue weighted by molar-refractivity contribution is 9.09. The van der Waals surface area contributed by atoms with Gasteiger partial charge in [-0.15, -0.1) is 0 Å². The molecular formula is C11H21Br. The molecule has 12 heavy (non-hydrogen) atoms. The van der Waals surface area contributed by atoms with Gasteiger partial charge in [-0.05, 0) is 36.5 Å². The first-order valence-corrected chi connectivity index (χ1v) is 6.16. The zero-order valence-electron chi connectivity index (χ0n) is 8.62. The van der Waals surface area contributed by atoms with Crippen molar-refractivity contribution in [3.05, 3.63) is 0 Å². The van der Waals surface area contributed by atoms with E-state index in [1.807, 2.05) is 0 Å². The van der Waals surface area contributed by atoms with Gasteiger partial charge in [0.1, 0.15) is 0 Å². The summed E-state index contributed by atoms with van der Waals surface area (Å²) in [5, 5.41) is 1.23. The molecule has 0 atom stereocenters. The van der Waals surface area contributed by atoms with Crippen LogP contribution in [-0.4, -0.2) is 5.33 Å². The fraction of sp³-hybridized carbons (Fsp3) is 1.00. The molecule has 0 bridgehead atoms. The molecule has 0 unspecified atom stereocenters. The van der Waals surface area contributed by atoms with Gasteiger partial charge in [0.2, 0.25) is 0 Å². The summed E-state index contributed by atoms with van der Waals surface area (Å²) < 4.78 is 0. The van der Waals surface area contributed by atoms with Crippen LogP contribution >= 0.6 is 15.9 Å². The smallest absolute Gasteiger partial charge is 0.00879 e. The third-order valence-corrected chi connectivity index (χ3v) is 4.06. The lowest BCUT2D eigenvalue weighted by Crippen LogP contribution is -2.07. The summed E-state index contributed by atoms with van der Waals surface area (Å²) in [4.78, 5) is 0. The van der Waals surface area contributed by atoms with Gasteiger partial charge in [0.05, 0.1) is 0 Å². The fourth-order valence-corrected chi connectivity index (χ4v) is 2.46. The number of rotatable bonds is 4. The Morgan fingerprint density at radius 3 is 2.17 bits per heavy atom. The van der Waals surface area contributed by atoms with Gasteiger partial charge in [-0.3, -0.25) is 0 Å². The summed E-state index contributed by atoms with van der Waals surface area (Å²) >= 11 is 3.61. The third kappa shape index (κ3) is 3.47. The largest absolute Gasteiger partial charge is 0.0922 e. The Morgan fingerprint density at radius 1 is 1.25 bits per heavy atom. The van der Waals surface area contributed by atoms with Crippen molar-refractivity contribution in [3.8, 4) is 0 Å². The standard InChI is InChI=1S/C11H21Br/c1-10(2,3)5-4-6-11(9-12)7-8-11/h4-9H2,1-3H3. The second-order valence-corrected chi connectivity index (χ2v) is 6.11. The van der Waals surface area contributed by atoms with Crippen LogP contribution in [-0.2, 0) is 0 Å². The predicted molar refractivity (Wildman–Crippen MR) is 58.8 cm³/mol. The maximum Gasteiger partial charge on any atom is 0.00879 e. The van der Waals surface area contributed by atoms with E-state index in [-0.39, 0.29) is 0 Å². The van der Waals surface area contributed by atoms with Crippen LogP contribution in [0.15, 0.2) is 0 Å². The molecule has 1 fully saturated rings. The Labute approximate surface area is 85.3 Å². The Morgan fingerprint density at radius 2 is 1.83 bits per heavy atom. The minimum Gasteiger partial charge on any atom is -0.0922 e. The van der Waals surface area contributed by atoms with E-state index in [1.165, 1.54) is 37.4 Å². The van der Waals surface area contributed by atoms with Crippen LogP contribution in [0.25, 0.3) is 0 Å². The lowest BCUT2D eigenvalue weighted by molar-refractivity contribution is 0.340. The van der Waals surface area contributed by atoms with Crippen LogP contribution < -0.4 is 0 Å². The number of halogens is 1. The highest BCUT2D eigenvalue weighted by atomic mass is 79.9. The molecule has 0 nitrogen and oxygen atoms in total. The second-order valence-electron chi connectivity index (χ2n) is 5.55. The van der Waals surface area contributed by atoms with Crippen molar-refractivity contribution in [2.45, 2.75) is 52.9 Å². The zero-order valence-corrected chi connectivity index (χ0v) is 10.2. The maximum absolute atomic E-state index is 3.61. The lowest BCUT2D eigenvalue weighted by Gasteiger charge is -2.19. The van der Waals surface area contributed by atoms with Gasteiger partial charge in [-0.25, -0.2) is 0 Å². The molecule has 0 aliphatic heterocycles. The van der Waals surface area contributed by atoms with Gasteiger partial charge in [-0.2, -0.15) is 0 Å². The number of hydrogen-bond donors (Lipinski definition) is 0. The van der Waals surface area contributed by atoms with Gasteiger partial charge < -0.3 is 0 Å². The second kappa shape index (κ2) is 3.69. The summed E-state index contributed by atoms with van der Waals surface area (Å²) in [5.74, 6) is 0. The normalized spacial score (nSPS) is 21.0. The lowest BCUT2D eigenvalue weighted by atomic mass is 9.87. The van der Waals surface area contributed by atoms with Crippen LogP contribution in [0, 0.1) is 10.8 Å². The first-order valence-electron chi connectivity index (χ1n) is 5.04. The molecule has 0 radical (unpaired) electrons. The SMILES string of the molecule is CC(C)(C)CCCC1(CBr)CC1. The van der Waals surface area contributed by atoms with Crippen LogP contribution in [0.3, 0.4) is 0 Å². The molecule has 0 N–H and O–H groups in total. The molecule has 0 spiro atoms. The van der Waals surface area contributed by atoms with E-state index in [0.29, 0.717) is 5.41 Å². The predicted octanol–water partition coefficient (Wildman–Crippen LogP) is 4.38. The molecule has 1 rings (SSSR count). The zero-order chi connectivity index (χ0) is 9.24. The maximum atomic E-state index is 3.61. The summed E-state index contributed by atoms with van der Waals surface area (Å²) in [6.07, 6.45) is 7.15. The van der Waals surface area contributed by atoms with E-state index < -0.39 is 0 Å². The number of hydrogen-bond acceptors (Lipinski definition) is 0. The topological polar surface area (TPSA) is 0 Å². The van der Waals surface area contributed by atoms with Gasteiger partial charge in [0, 0.05) is 5.33 Å². The van der Waals surface area contributed by atoms with E-state index in [0.717, 1.165) is 5.41 Å². The molecule has 1 heteroatoms. The first-order chi connectivity index (χ1) is 5.47. The minimum atomic E-state index is 0.530. The van der Waals surface area contributed by atoms with Crippen LogP contribution in [0.5, 0.6) is 0 Å². The van der Waals surface area contributed by atoms with E-state index in [2.05, 4.69) is 36.7 Å². The van der Waals surface area contributed by atoms with Crippen molar-refractivity contribution < 1.29 is 0 Å². The average molecular weight is 233 g/mol. The van der Waals surface area contributed by atoms with Crippen LogP contribution in [0.2, 0.25) is 0 Å². The molecule has 72 valence electrons. The summed E-state index contributed by atoms with van der Waals surface area (Å²) in [5.41, 5.74) is 1.26. The average Bonchev–Trinajstić information content (AvgIpc) is 2.67. The van der Waals surface area contributed by atoms with Crippen molar-refractivity contribution in [3.63, 3.8) is 0 Å². The van der Waals surface area contributed by atoms with Crippen molar-refractivity contribution in [2.24, 2.45) is 10.8 Å². The minimum absolute atomic E-state index is 0.530. The highest BCUT2D eigenvalue weighted by Crippen LogP contribution is 2.51. The molecule has 0 amide bonds. The third-order valence-electron chi connectivity index (χ3n) is 2.87. The van der Waals surface area contributed by atoms with E-state index >= 15 is 0 Å². The molecule has 0 aromatic rings. The summed E-state index contributed by atoms with van der Waals surface area (Å²) in [7, 11) is 0. The monoisotopic (exact) mass is 232 g/mol. The molecule has 1 aliphatic rings. The van der Waals surface area contributed by atoms with Crippen molar-refractivity contribution in [1.82, 2.24) is 0 Å². The number of alkyl halides is 1. The van der Waals surface area contributed by atoms with E-state index in [4.69, 9.17) is 0 Å². The summed E-state index contributed by atoms with van der Waals surface area (Å²) in [6.45, 7) is 7.00. The van der Waals surface area contributed by atoms with Crippen molar-refractivity contribution in [2.75, 3.05) is 5.33 Å². The molecule has 0 aromatic carbocycles.